The normalized spacial score (nSPS) is 11.7. The van der Waals surface area contributed by atoms with Crippen LogP contribution < -0.4 is 10.6 Å². The minimum atomic E-state index is -0.539. The lowest BCUT2D eigenvalue weighted by Crippen LogP contribution is -2.39. The zero-order valence-corrected chi connectivity index (χ0v) is 15.6. The summed E-state index contributed by atoms with van der Waals surface area (Å²) in [6.07, 6.45) is 8.53. The molecule has 3 N–H and O–H groups in total. The Labute approximate surface area is 164 Å². The van der Waals surface area contributed by atoms with Gasteiger partial charge in [-0.1, -0.05) is 18.2 Å². The van der Waals surface area contributed by atoms with Gasteiger partial charge in [-0.15, -0.1) is 0 Å². The largest absolute Gasteiger partial charge is 0.508 e. The van der Waals surface area contributed by atoms with Gasteiger partial charge in [0, 0.05) is 37.9 Å². The molecule has 0 aliphatic heterocycles. The van der Waals surface area contributed by atoms with Crippen LogP contribution in [0.1, 0.15) is 22.7 Å². The van der Waals surface area contributed by atoms with Crippen LogP contribution in [-0.4, -0.2) is 34.1 Å². The third-order valence-electron chi connectivity index (χ3n) is 4.41. The van der Waals surface area contributed by atoms with Crippen molar-refractivity contribution in [3.05, 3.63) is 90.0 Å². The zero-order chi connectivity index (χ0) is 19.6. The van der Waals surface area contributed by atoms with Crippen LogP contribution in [-0.2, 0) is 17.6 Å². The van der Waals surface area contributed by atoms with E-state index in [2.05, 4.69) is 20.6 Å². The molecule has 0 saturated carbocycles. The van der Waals surface area contributed by atoms with Crippen molar-refractivity contribution in [3.8, 4) is 5.75 Å². The molecule has 2 aromatic heterocycles. The number of pyridine rings is 2. The molecule has 0 radical (unpaired) electrons. The van der Waals surface area contributed by atoms with Crippen molar-refractivity contribution in [1.82, 2.24) is 20.6 Å². The Balaban J connectivity index is 1.60. The standard InChI is InChI=1S/C22H24N4O2/c27-20-5-1-4-19(15-20)21(25-13-8-17-6-11-23-12-7-17)22(28)26-14-9-18-3-2-10-24-16-18/h1-7,10-12,15-16,21,25,27H,8-9,13-14H2,(H,26,28). The monoisotopic (exact) mass is 376 g/mol. The predicted molar refractivity (Wildman–Crippen MR) is 108 cm³/mol. The fraction of sp³-hybridized carbons (Fsp3) is 0.227. The Hall–Kier alpha value is -3.25. The van der Waals surface area contributed by atoms with E-state index in [0.29, 0.717) is 19.5 Å². The summed E-state index contributed by atoms with van der Waals surface area (Å²) in [7, 11) is 0. The van der Waals surface area contributed by atoms with E-state index in [1.165, 1.54) is 0 Å². The second kappa shape index (κ2) is 10.2. The highest BCUT2D eigenvalue weighted by Crippen LogP contribution is 2.18. The number of hydrogen-bond acceptors (Lipinski definition) is 5. The van der Waals surface area contributed by atoms with Gasteiger partial charge in [0.2, 0.25) is 5.91 Å². The second-order valence-corrected chi connectivity index (χ2v) is 6.49. The number of carbonyl (C=O) groups excluding carboxylic acids is 1. The van der Waals surface area contributed by atoms with Crippen molar-refractivity contribution in [1.29, 1.82) is 0 Å². The van der Waals surface area contributed by atoms with Crippen molar-refractivity contribution >= 4 is 5.91 Å². The highest BCUT2D eigenvalue weighted by molar-refractivity contribution is 5.83. The molecule has 0 aliphatic carbocycles. The summed E-state index contributed by atoms with van der Waals surface area (Å²) >= 11 is 0. The molecule has 3 aromatic rings. The van der Waals surface area contributed by atoms with Gasteiger partial charge in [-0.05, 0) is 59.9 Å². The van der Waals surface area contributed by atoms with Crippen LogP contribution in [0.4, 0.5) is 0 Å². The Morgan fingerprint density at radius 3 is 2.50 bits per heavy atom. The number of hydrogen-bond donors (Lipinski definition) is 3. The molecular weight excluding hydrogens is 352 g/mol. The number of aromatic nitrogens is 2. The van der Waals surface area contributed by atoms with E-state index in [4.69, 9.17) is 0 Å². The van der Waals surface area contributed by atoms with E-state index >= 15 is 0 Å². The zero-order valence-electron chi connectivity index (χ0n) is 15.6. The number of nitrogens with one attached hydrogen (secondary N) is 2. The minimum absolute atomic E-state index is 0.121. The van der Waals surface area contributed by atoms with Gasteiger partial charge in [0.1, 0.15) is 11.8 Å². The van der Waals surface area contributed by atoms with Crippen LogP contribution >= 0.6 is 0 Å². The van der Waals surface area contributed by atoms with Crippen molar-refractivity contribution in [2.45, 2.75) is 18.9 Å². The van der Waals surface area contributed by atoms with Crippen LogP contribution in [0.3, 0.4) is 0 Å². The first-order valence-electron chi connectivity index (χ1n) is 9.30. The molecule has 1 unspecified atom stereocenters. The van der Waals surface area contributed by atoms with E-state index in [0.717, 1.165) is 23.1 Å². The maximum Gasteiger partial charge on any atom is 0.241 e. The van der Waals surface area contributed by atoms with Crippen LogP contribution in [0.25, 0.3) is 0 Å². The van der Waals surface area contributed by atoms with E-state index in [9.17, 15) is 9.90 Å². The number of nitrogens with zero attached hydrogens (tertiary/aromatic N) is 2. The van der Waals surface area contributed by atoms with Gasteiger partial charge in [0.15, 0.2) is 0 Å². The number of phenolic OH excluding ortho intramolecular Hbond substituents is 1. The first-order chi connectivity index (χ1) is 13.7. The number of rotatable bonds is 9. The Morgan fingerprint density at radius 2 is 1.75 bits per heavy atom. The maximum absolute atomic E-state index is 12.8. The van der Waals surface area contributed by atoms with Crippen molar-refractivity contribution in [2.24, 2.45) is 0 Å². The van der Waals surface area contributed by atoms with Gasteiger partial charge in [0.25, 0.3) is 0 Å². The fourth-order valence-electron chi connectivity index (χ4n) is 2.95. The van der Waals surface area contributed by atoms with Crippen molar-refractivity contribution in [3.63, 3.8) is 0 Å². The van der Waals surface area contributed by atoms with E-state index in [1.807, 2.05) is 30.3 Å². The van der Waals surface area contributed by atoms with E-state index in [-0.39, 0.29) is 11.7 Å². The SMILES string of the molecule is O=C(NCCc1cccnc1)C(NCCc1ccncc1)c1cccc(O)c1. The number of phenols is 1. The quantitative estimate of drug-likeness (QED) is 0.534. The molecule has 144 valence electrons. The molecule has 3 rings (SSSR count). The third kappa shape index (κ3) is 5.89. The van der Waals surface area contributed by atoms with E-state index < -0.39 is 6.04 Å². The molecule has 28 heavy (non-hydrogen) atoms. The average Bonchev–Trinajstić information content (AvgIpc) is 2.72. The Bertz CT molecular complexity index is 872. The molecule has 1 atom stereocenters. The van der Waals surface area contributed by atoms with Gasteiger partial charge < -0.3 is 15.7 Å². The lowest BCUT2D eigenvalue weighted by Gasteiger charge is -2.19. The summed E-state index contributed by atoms with van der Waals surface area (Å²) in [5, 5.41) is 16.1. The smallest absolute Gasteiger partial charge is 0.241 e. The van der Waals surface area contributed by atoms with Crippen LogP contribution in [0.15, 0.2) is 73.3 Å². The summed E-state index contributed by atoms with van der Waals surface area (Å²) in [6.45, 7) is 1.15. The third-order valence-corrected chi connectivity index (χ3v) is 4.41. The first-order valence-corrected chi connectivity index (χ1v) is 9.30. The molecule has 1 amide bonds. The van der Waals surface area contributed by atoms with Crippen molar-refractivity contribution in [2.75, 3.05) is 13.1 Å². The maximum atomic E-state index is 12.8. The Morgan fingerprint density at radius 1 is 0.929 bits per heavy atom. The molecule has 0 spiro atoms. The molecular formula is C22H24N4O2. The van der Waals surface area contributed by atoms with E-state index in [1.54, 1.807) is 43.0 Å². The van der Waals surface area contributed by atoms with Gasteiger partial charge in [0.05, 0.1) is 0 Å². The van der Waals surface area contributed by atoms with Gasteiger partial charge in [-0.2, -0.15) is 0 Å². The second-order valence-electron chi connectivity index (χ2n) is 6.49. The molecule has 6 nitrogen and oxygen atoms in total. The highest BCUT2D eigenvalue weighted by atomic mass is 16.3. The van der Waals surface area contributed by atoms with Gasteiger partial charge in [-0.25, -0.2) is 0 Å². The summed E-state index contributed by atoms with van der Waals surface area (Å²) in [4.78, 5) is 20.9. The van der Waals surface area contributed by atoms with Crippen molar-refractivity contribution < 1.29 is 9.90 Å². The lowest BCUT2D eigenvalue weighted by atomic mass is 10.0. The number of carbonyl (C=O) groups is 1. The summed E-state index contributed by atoms with van der Waals surface area (Å²) < 4.78 is 0. The number of amides is 1. The summed E-state index contributed by atoms with van der Waals surface area (Å²) in [6, 6.07) is 14.0. The van der Waals surface area contributed by atoms with Crippen LogP contribution in [0.2, 0.25) is 0 Å². The van der Waals surface area contributed by atoms with Crippen LogP contribution in [0, 0.1) is 0 Å². The highest BCUT2D eigenvalue weighted by Gasteiger charge is 2.20. The summed E-state index contributed by atoms with van der Waals surface area (Å²) in [5.41, 5.74) is 2.95. The molecule has 2 heterocycles. The lowest BCUT2D eigenvalue weighted by molar-refractivity contribution is -0.123. The minimum Gasteiger partial charge on any atom is -0.508 e. The molecule has 0 saturated heterocycles. The average molecular weight is 376 g/mol. The Kier molecular flexibility index (Phi) is 7.09. The molecule has 0 bridgehead atoms. The topological polar surface area (TPSA) is 87.1 Å². The molecule has 0 fully saturated rings. The fourth-order valence-corrected chi connectivity index (χ4v) is 2.95. The van der Waals surface area contributed by atoms with Crippen LogP contribution in [0.5, 0.6) is 5.75 Å². The first kappa shape index (κ1) is 19.5. The van der Waals surface area contributed by atoms with Gasteiger partial charge >= 0.3 is 0 Å². The number of aromatic hydroxyl groups is 1. The summed E-state index contributed by atoms with van der Waals surface area (Å²) in [5.74, 6) is 0.0193. The van der Waals surface area contributed by atoms with Gasteiger partial charge in [-0.3, -0.25) is 14.8 Å². The molecule has 1 aromatic carbocycles. The molecule has 0 aliphatic rings. The molecule has 6 heteroatoms. The predicted octanol–water partition coefficient (Wildman–Crippen LogP) is 2.41. The number of benzene rings is 1.